The van der Waals surface area contributed by atoms with E-state index in [0.717, 1.165) is 3.57 Å². The summed E-state index contributed by atoms with van der Waals surface area (Å²) in [4.78, 5) is 27.0. The molecule has 0 atom stereocenters. The zero-order valence-corrected chi connectivity index (χ0v) is 19.4. The molecule has 0 aliphatic carbocycles. The number of carbonyl (C=O) groups is 1. The highest BCUT2D eigenvalue weighted by atomic mass is 127. The fraction of sp³-hybridized carbons (Fsp3) is 0.0476. The minimum Gasteiger partial charge on any atom is -0.457 e. The van der Waals surface area contributed by atoms with Crippen molar-refractivity contribution < 1.29 is 18.9 Å². The van der Waals surface area contributed by atoms with Crippen LogP contribution in [-0.2, 0) is 9.53 Å². The topological polar surface area (TPSA) is 94.9 Å². The largest absolute Gasteiger partial charge is 0.457 e. The van der Waals surface area contributed by atoms with Crippen LogP contribution in [0.15, 0.2) is 57.6 Å². The predicted octanol–water partition coefficient (Wildman–Crippen LogP) is 6.42. The van der Waals surface area contributed by atoms with Crippen LogP contribution < -0.4 is 0 Å². The van der Waals surface area contributed by atoms with Crippen LogP contribution in [-0.4, -0.2) is 16.8 Å². The van der Waals surface area contributed by atoms with Crippen molar-refractivity contribution in [3.05, 3.63) is 88.8 Å². The summed E-state index contributed by atoms with van der Waals surface area (Å²) in [6, 6.07) is 11.5. The molecule has 0 fully saturated rings. The normalized spacial score (nSPS) is 14.6. The molecule has 4 rings (SSSR count). The zero-order chi connectivity index (χ0) is 22.3. The third kappa shape index (κ3) is 4.36. The highest BCUT2D eigenvalue weighted by molar-refractivity contribution is 14.1. The second-order valence-corrected chi connectivity index (χ2v) is 8.60. The van der Waals surface area contributed by atoms with Crippen molar-refractivity contribution in [3.8, 4) is 11.3 Å². The highest BCUT2D eigenvalue weighted by Gasteiger charge is 2.26. The zero-order valence-electron chi connectivity index (χ0n) is 15.7. The molecule has 0 bridgehead atoms. The summed E-state index contributed by atoms with van der Waals surface area (Å²) < 4.78 is 12.0. The number of benzene rings is 2. The molecule has 1 aliphatic rings. The first kappa shape index (κ1) is 21.5. The Bertz CT molecular complexity index is 1310. The Morgan fingerprint density at radius 2 is 1.87 bits per heavy atom. The van der Waals surface area contributed by atoms with Crippen LogP contribution in [0.5, 0.6) is 0 Å². The van der Waals surface area contributed by atoms with Crippen molar-refractivity contribution in [2.24, 2.45) is 4.99 Å². The number of nitro groups is 1. The van der Waals surface area contributed by atoms with E-state index in [1.165, 1.54) is 18.2 Å². The smallest absolute Gasteiger partial charge is 0.363 e. The standard InChI is InChI=1S/C21H11Cl2IN2O5/c1-10-6-18(26(28)29)16(23)9-13(10)19-5-3-12(30-19)8-17-21(27)31-20(25-17)14-7-11(24)2-4-15(14)22/h2-9H,1H3/b17-8-. The molecule has 0 saturated heterocycles. The number of ether oxygens (including phenoxy) is 1. The van der Waals surface area contributed by atoms with E-state index in [4.69, 9.17) is 32.4 Å². The van der Waals surface area contributed by atoms with Crippen LogP contribution >= 0.6 is 45.8 Å². The van der Waals surface area contributed by atoms with Gasteiger partial charge in [0.25, 0.3) is 5.69 Å². The fourth-order valence-electron chi connectivity index (χ4n) is 2.97. The lowest BCUT2D eigenvalue weighted by Crippen LogP contribution is -2.06. The number of esters is 1. The maximum atomic E-state index is 12.3. The average molecular weight is 569 g/mol. The van der Waals surface area contributed by atoms with Gasteiger partial charge in [-0.05, 0) is 71.5 Å². The monoisotopic (exact) mass is 568 g/mol. The summed E-state index contributed by atoms with van der Waals surface area (Å²) in [6.07, 6.45) is 1.45. The Morgan fingerprint density at radius 1 is 1.10 bits per heavy atom. The van der Waals surface area contributed by atoms with E-state index >= 15 is 0 Å². The molecule has 2 aromatic carbocycles. The van der Waals surface area contributed by atoms with Crippen molar-refractivity contribution in [1.82, 2.24) is 0 Å². The Morgan fingerprint density at radius 3 is 2.61 bits per heavy atom. The van der Waals surface area contributed by atoms with Crippen molar-refractivity contribution >= 4 is 69.4 Å². The van der Waals surface area contributed by atoms with Crippen LogP contribution in [0.4, 0.5) is 5.69 Å². The Hall–Kier alpha value is -2.69. The molecular formula is C21H11Cl2IN2O5. The third-order valence-electron chi connectivity index (χ3n) is 4.44. The van der Waals surface area contributed by atoms with Crippen molar-refractivity contribution in [3.63, 3.8) is 0 Å². The minimum atomic E-state index is -0.627. The predicted molar refractivity (Wildman–Crippen MR) is 125 cm³/mol. The van der Waals surface area contributed by atoms with E-state index in [2.05, 4.69) is 27.6 Å². The van der Waals surface area contributed by atoms with E-state index in [9.17, 15) is 14.9 Å². The molecule has 156 valence electrons. The Labute approximate surface area is 199 Å². The minimum absolute atomic E-state index is 0.00453. The molecule has 0 amide bonds. The first-order valence-corrected chi connectivity index (χ1v) is 10.6. The Balaban J connectivity index is 1.66. The van der Waals surface area contributed by atoms with E-state index in [0.29, 0.717) is 33.2 Å². The first-order valence-electron chi connectivity index (χ1n) is 8.75. The van der Waals surface area contributed by atoms with Gasteiger partial charge in [0.2, 0.25) is 5.90 Å². The number of carbonyl (C=O) groups excluding carboxylic acids is 1. The van der Waals surface area contributed by atoms with E-state index in [1.807, 2.05) is 6.07 Å². The fourth-order valence-corrected chi connectivity index (χ4v) is 3.89. The number of aliphatic imine (C=N–C) groups is 1. The number of rotatable bonds is 4. The van der Waals surface area contributed by atoms with Gasteiger partial charge in [0.05, 0.1) is 15.5 Å². The van der Waals surface area contributed by atoms with Crippen molar-refractivity contribution in [2.45, 2.75) is 6.92 Å². The lowest BCUT2D eigenvalue weighted by molar-refractivity contribution is -0.384. The van der Waals surface area contributed by atoms with Gasteiger partial charge in [-0.1, -0.05) is 23.2 Å². The number of halogens is 3. The maximum absolute atomic E-state index is 12.3. The molecule has 1 aromatic heterocycles. The van der Waals surface area contributed by atoms with Crippen LogP contribution in [0.25, 0.3) is 17.4 Å². The summed E-state index contributed by atoms with van der Waals surface area (Å²) in [6.45, 7) is 1.72. The molecule has 0 N–H and O–H groups in total. The SMILES string of the molecule is Cc1cc([N+](=O)[O-])c(Cl)cc1-c1ccc(/C=C2\N=C(c3cc(I)ccc3Cl)OC2=O)o1. The van der Waals surface area contributed by atoms with Gasteiger partial charge in [-0.15, -0.1) is 0 Å². The first-order chi connectivity index (χ1) is 14.7. The number of aryl methyl sites for hydroxylation is 1. The molecule has 7 nitrogen and oxygen atoms in total. The number of nitro benzene ring substituents is 1. The van der Waals surface area contributed by atoms with Gasteiger partial charge in [0.15, 0.2) is 5.70 Å². The van der Waals surface area contributed by atoms with E-state index in [1.54, 1.807) is 31.2 Å². The van der Waals surface area contributed by atoms with Gasteiger partial charge in [0.1, 0.15) is 16.5 Å². The molecular weight excluding hydrogens is 558 g/mol. The molecule has 0 saturated carbocycles. The second kappa shape index (κ2) is 8.45. The summed E-state index contributed by atoms with van der Waals surface area (Å²) in [5.74, 6) is 0.286. The summed E-state index contributed by atoms with van der Waals surface area (Å²) in [5.41, 5.74) is 1.62. The lowest BCUT2D eigenvalue weighted by atomic mass is 10.1. The second-order valence-electron chi connectivity index (χ2n) is 6.54. The summed E-state index contributed by atoms with van der Waals surface area (Å²) in [7, 11) is 0. The summed E-state index contributed by atoms with van der Waals surface area (Å²) in [5, 5.41) is 11.5. The Kier molecular flexibility index (Phi) is 5.87. The number of hydrogen-bond donors (Lipinski definition) is 0. The molecule has 0 spiro atoms. The van der Waals surface area contributed by atoms with Gasteiger partial charge in [0, 0.05) is 21.3 Å². The van der Waals surface area contributed by atoms with Gasteiger partial charge >= 0.3 is 5.97 Å². The quantitative estimate of drug-likeness (QED) is 0.119. The average Bonchev–Trinajstić information content (AvgIpc) is 3.32. The third-order valence-corrected chi connectivity index (χ3v) is 5.74. The molecule has 2 heterocycles. The van der Waals surface area contributed by atoms with E-state index < -0.39 is 10.9 Å². The molecule has 1 aliphatic heterocycles. The van der Waals surface area contributed by atoms with Gasteiger partial charge in [-0.2, -0.15) is 0 Å². The maximum Gasteiger partial charge on any atom is 0.363 e. The van der Waals surface area contributed by atoms with Crippen molar-refractivity contribution in [2.75, 3.05) is 0 Å². The number of furan rings is 1. The molecule has 3 aromatic rings. The van der Waals surface area contributed by atoms with Gasteiger partial charge < -0.3 is 9.15 Å². The molecule has 10 heteroatoms. The van der Waals surface area contributed by atoms with Crippen LogP contribution in [0, 0.1) is 20.6 Å². The lowest BCUT2D eigenvalue weighted by Gasteiger charge is -2.04. The van der Waals surface area contributed by atoms with Crippen LogP contribution in [0.1, 0.15) is 16.9 Å². The number of cyclic esters (lactones) is 1. The van der Waals surface area contributed by atoms with Gasteiger partial charge in [-0.3, -0.25) is 10.1 Å². The van der Waals surface area contributed by atoms with E-state index in [-0.39, 0.29) is 22.3 Å². The molecule has 0 unspecified atom stereocenters. The number of hydrogen-bond acceptors (Lipinski definition) is 6. The highest BCUT2D eigenvalue weighted by Crippen LogP contribution is 2.35. The number of nitrogens with zero attached hydrogens (tertiary/aromatic N) is 2. The molecule has 31 heavy (non-hydrogen) atoms. The molecule has 0 radical (unpaired) electrons. The van der Waals surface area contributed by atoms with Crippen molar-refractivity contribution in [1.29, 1.82) is 0 Å². The van der Waals surface area contributed by atoms with Crippen LogP contribution in [0.2, 0.25) is 10.0 Å². The van der Waals surface area contributed by atoms with Crippen LogP contribution in [0.3, 0.4) is 0 Å². The van der Waals surface area contributed by atoms with Gasteiger partial charge in [-0.25, -0.2) is 9.79 Å². The summed E-state index contributed by atoms with van der Waals surface area (Å²) >= 11 is 14.3.